The Balaban J connectivity index is 1.62. The molecule has 2 rings (SSSR count). The van der Waals surface area contributed by atoms with E-state index in [-0.39, 0.29) is 0 Å². The largest absolute Gasteiger partial charge is 0.462 e. The molecule has 0 heterocycles. The minimum atomic E-state index is -0.430. The third-order valence-corrected chi connectivity index (χ3v) is 6.58. The lowest BCUT2D eigenvalue weighted by molar-refractivity contribution is 0.0437. The van der Waals surface area contributed by atoms with Gasteiger partial charge in [0.15, 0.2) is 0 Å². The standard InChI is InChI=1S/C28H44O4/c1-2-3-4-5-6-7-8-9-10-16-22-31-27(29)25-19-14-15-20-26(25)28(30)32-23-21-24-17-12-11-13-18-24/h14-15,19-20,24H,2-13,16-18,21-23H2,1H3. The van der Waals surface area contributed by atoms with Gasteiger partial charge < -0.3 is 9.47 Å². The molecule has 0 atom stereocenters. The molecule has 0 aliphatic heterocycles. The van der Waals surface area contributed by atoms with Crippen LogP contribution in [-0.4, -0.2) is 25.2 Å². The maximum atomic E-state index is 12.5. The van der Waals surface area contributed by atoms with Crippen LogP contribution in [0.1, 0.15) is 130 Å². The minimum absolute atomic E-state index is 0.308. The lowest BCUT2D eigenvalue weighted by Crippen LogP contribution is -2.16. The molecule has 1 fully saturated rings. The van der Waals surface area contributed by atoms with Gasteiger partial charge >= 0.3 is 11.9 Å². The molecular formula is C28H44O4. The Kier molecular flexibility index (Phi) is 13.8. The molecule has 0 bridgehead atoms. The topological polar surface area (TPSA) is 52.6 Å². The Bertz CT molecular complexity index is 649. The van der Waals surface area contributed by atoms with Crippen molar-refractivity contribution >= 4 is 11.9 Å². The molecule has 0 N–H and O–H groups in total. The van der Waals surface area contributed by atoms with Crippen LogP contribution in [0.4, 0.5) is 0 Å². The molecule has 4 nitrogen and oxygen atoms in total. The molecule has 0 amide bonds. The van der Waals surface area contributed by atoms with Crippen molar-refractivity contribution in [2.45, 2.75) is 110 Å². The van der Waals surface area contributed by atoms with E-state index in [4.69, 9.17) is 9.47 Å². The van der Waals surface area contributed by atoms with Crippen molar-refractivity contribution in [2.24, 2.45) is 5.92 Å². The van der Waals surface area contributed by atoms with Crippen LogP contribution in [0.3, 0.4) is 0 Å². The van der Waals surface area contributed by atoms with E-state index in [1.165, 1.54) is 83.5 Å². The smallest absolute Gasteiger partial charge is 0.339 e. The maximum absolute atomic E-state index is 12.5. The minimum Gasteiger partial charge on any atom is -0.462 e. The van der Waals surface area contributed by atoms with Crippen LogP contribution in [0, 0.1) is 5.92 Å². The molecule has 180 valence electrons. The lowest BCUT2D eigenvalue weighted by atomic mass is 9.87. The van der Waals surface area contributed by atoms with Gasteiger partial charge in [-0.15, -0.1) is 0 Å². The predicted molar refractivity (Wildman–Crippen MR) is 130 cm³/mol. The van der Waals surface area contributed by atoms with E-state index in [0.717, 1.165) is 19.3 Å². The van der Waals surface area contributed by atoms with Crippen molar-refractivity contribution in [3.8, 4) is 0 Å². The average molecular weight is 445 g/mol. The van der Waals surface area contributed by atoms with Gasteiger partial charge in [-0.2, -0.15) is 0 Å². The first-order valence-corrected chi connectivity index (χ1v) is 13.2. The van der Waals surface area contributed by atoms with Gasteiger partial charge in [-0.25, -0.2) is 9.59 Å². The zero-order chi connectivity index (χ0) is 22.9. The number of ether oxygens (including phenoxy) is 2. The zero-order valence-electron chi connectivity index (χ0n) is 20.2. The summed E-state index contributed by atoms with van der Waals surface area (Å²) in [5.74, 6) is -0.189. The Morgan fingerprint density at radius 1 is 0.719 bits per heavy atom. The summed E-state index contributed by atoms with van der Waals surface area (Å²) in [6.45, 7) is 3.07. The van der Waals surface area contributed by atoms with Crippen molar-refractivity contribution in [2.75, 3.05) is 13.2 Å². The van der Waals surface area contributed by atoms with Crippen LogP contribution in [0.5, 0.6) is 0 Å². The van der Waals surface area contributed by atoms with E-state index in [0.29, 0.717) is 30.3 Å². The van der Waals surface area contributed by atoms with E-state index in [9.17, 15) is 9.59 Å². The normalized spacial score (nSPS) is 14.3. The van der Waals surface area contributed by atoms with Crippen molar-refractivity contribution in [1.82, 2.24) is 0 Å². The highest BCUT2D eigenvalue weighted by Crippen LogP contribution is 2.26. The lowest BCUT2D eigenvalue weighted by Gasteiger charge is -2.21. The van der Waals surface area contributed by atoms with Gasteiger partial charge in [0, 0.05) is 0 Å². The number of carbonyl (C=O) groups is 2. The zero-order valence-corrected chi connectivity index (χ0v) is 20.2. The van der Waals surface area contributed by atoms with E-state index in [1.54, 1.807) is 24.3 Å². The molecule has 4 heteroatoms. The van der Waals surface area contributed by atoms with E-state index in [1.807, 2.05) is 0 Å². The summed E-state index contributed by atoms with van der Waals surface area (Å²) >= 11 is 0. The highest BCUT2D eigenvalue weighted by molar-refractivity contribution is 6.03. The van der Waals surface area contributed by atoms with Crippen LogP contribution < -0.4 is 0 Å². The fraction of sp³-hybridized carbons (Fsp3) is 0.714. The van der Waals surface area contributed by atoms with Gasteiger partial charge in [0.1, 0.15) is 0 Å². The van der Waals surface area contributed by atoms with Crippen LogP contribution >= 0.6 is 0 Å². The fourth-order valence-corrected chi connectivity index (χ4v) is 4.54. The summed E-state index contributed by atoms with van der Waals surface area (Å²) in [7, 11) is 0. The van der Waals surface area contributed by atoms with Crippen molar-refractivity contribution in [3.05, 3.63) is 35.4 Å². The predicted octanol–water partition coefficient (Wildman–Crippen LogP) is 7.89. The highest BCUT2D eigenvalue weighted by Gasteiger charge is 2.20. The molecule has 1 aliphatic carbocycles. The van der Waals surface area contributed by atoms with Gasteiger partial charge in [0.05, 0.1) is 24.3 Å². The van der Waals surface area contributed by atoms with E-state index in [2.05, 4.69) is 6.92 Å². The second-order valence-electron chi connectivity index (χ2n) is 9.29. The fourth-order valence-electron chi connectivity index (χ4n) is 4.54. The number of esters is 2. The summed E-state index contributed by atoms with van der Waals surface area (Å²) in [6.07, 6.45) is 19.7. The van der Waals surface area contributed by atoms with Gasteiger partial charge in [0.2, 0.25) is 0 Å². The third kappa shape index (κ3) is 10.7. The van der Waals surface area contributed by atoms with Gasteiger partial charge in [-0.3, -0.25) is 0 Å². The molecule has 0 aromatic heterocycles. The molecule has 1 aliphatic rings. The van der Waals surface area contributed by atoms with Gasteiger partial charge in [-0.05, 0) is 30.9 Å². The molecule has 0 spiro atoms. The van der Waals surface area contributed by atoms with Crippen LogP contribution in [0.2, 0.25) is 0 Å². The summed E-state index contributed by atoms with van der Waals surface area (Å²) < 4.78 is 10.9. The van der Waals surface area contributed by atoms with Crippen molar-refractivity contribution < 1.29 is 19.1 Å². The Hall–Kier alpha value is -1.84. The average Bonchev–Trinajstić information content (AvgIpc) is 2.83. The number of carbonyl (C=O) groups excluding carboxylic acids is 2. The first kappa shape index (κ1) is 26.4. The third-order valence-electron chi connectivity index (χ3n) is 6.58. The summed E-state index contributed by atoms with van der Waals surface area (Å²) in [6, 6.07) is 6.82. The maximum Gasteiger partial charge on any atom is 0.339 e. The Morgan fingerprint density at radius 2 is 1.22 bits per heavy atom. The first-order chi connectivity index (χ1) is 15.7. The van der Waals surface area contributed by atoms with Crippen LogP contribution in [-0.2, 0) is 9.47 Å². The Labute approximate surface area is 195 Å². The van der Waals surface area contributed by atoms with Crippen molar-refractivity contribution in [3.63, 3.8) is 0 Å². The summed E-state index contributed by atoms with van der Waals surface area (Å²) in [5.41, 5.74) is 0.617. The Morgan fingerprint density at radius 3 is 1.78 bits per heavy atom. The molecule has 1 saturated carbocycles. The van der Waals surface area contributed by atoms with Gasteiger partial charge in [-0.1, -0.05) is 109 Å². The summed E-state index contributed by atoms with van der Waals surface area (Å²) in [5, 5.41) is 0. The number of hydrogen-bond acceptors (Lipinski definition) is 4. The number of unbranched alkanes of at least 4 members (excludes halogenated alkanes) is 9. The second kappa shape index (κ2) is 16.7. The highest BCUT2D eigenvalue weighted by atomic mass is 16.5. The monoisotopic (exact) mass is 444 g/mol. The van der Waals surface area contributed by atoms with E-state index < -0.39 is 11.9 Å². The second-order valence-corrected chi connectivity index (χ2v) is 9.29. The van der Waals surface area contributed by atoms with Gasteiger partial charge in [0.25, 0.3) is 0 Å². The quantitative estimate of drug-likeness (QED) is 0.192. The van der Waals surface area contributed by atoms with Crippen molar-refractivity contribution in [1.29, 1.82) is 0 Å². The molecule has 0 unspecified atom stereocenters. The van der Waals surface area contributed by atoms with Crippen LogP contribution in [0.25, 0.3) is 0 Å². The molecule has 0 saturated heterocycles. The van der Waals surface area contributed by atoms with E-state index >= 15 is 0 Å². The molecular weight excluding hydrogens is 400 g/mol. The van der Waals surface area contributed by atoms with Crippen LogP contribution in [0.15, 0.2) is 24.3 Å². The SMILES string of the molecule is CCCCCCCCCCCCOC(=O)c1ccccc1C(=O)OCCC1CCCCC1. The molecule has 1 aromatic rings. The number of benzene rings is 1. The summed E-state index contributed by atoms with van der Waals surface area (Å²) in [4.78, 5) is 25.1. The number of hydrogen-bond donors (Lipinski definition) is 0. The first-order valence-electron chi connectivity index (χ1n) is 13.2. The molecule has 0 radical (unpaired) electrons. The molecule has 32 heavy (non-hydrogen) atoms. The number of rotatable bonds is 16. The molecule has 1 aromatic carbocycles.